The SMILES string of the molecule is c1ccc(-c2cccc(N(c3ccc(-c4ccc5oc6c(-c7ccccc7)cccc6c5c4)cc3)c3ccc4c(c3)C3(c5ccccc5-c5ccccc53)c3ccccc3-4)c2)cc1. The monoisotopic (exact) mass is 801 g/mol. The molecule has 2 nitrogen and oxygen atoms in total. The predicted molar refractivity (Wildman–Crippen MR) is 261 cm³/mol. The van der Waals surface area contributed by atoms with E-state index in [1.807, 2.05) is 0 Å². The van der Waals surface area contributed by atoms with Gasteiger partial charge < -0.3 is 9.32 Å². The highest BCUT2D eigenvalue weighted by molar-refractivity contribution is 6.10. The average molecular weight is 802 g/mol. The van der Waals surface area contributed by atoms with Crippen LogP contribution in [0.4, 0.5) is 17.1 Å². The number of hydrogen-bond donors (Lipinski definition) is 0. The topological polar surface area (TPSA) is 16.4 Å². The lowest BCUT2D eigenvalue weighted by atomic mass is 9.70. The van der Waals surface area contributed by atoms with E-state index >= 15 is 0 Å². The van der Waals surface area contributed by atoms with Gasteiger partial charge in [0, 0.05) is 33.4 Å². The molecule has 10 aromatic carbocycles. The molecule has 11 aromatic rings. The van der Waals surface area contributed by atoms with Crippen LogP contribution in [0.1, 0.15) is 22.3 Å². The van der Waals surface area contributed by atoms with Crippen molar-refractivity contribution in [2.75, 3.05) is 4.90 Å². The van der Waals surface area contributed by atoms with Crippen LogP contribution in [0.5, 0.6) is 0 Å². The van der Waals surface area contributed by atoms with Gasteiger partial charge in [0.15, 0.2) is 0 Å². The molecule has 0 amide bonds. The van der Waals surface area contributed by atoms with E-state index in [0.29, 0.717) is 0 Å². The van der Waals surface area contributed by atoms with Crippen LogP contribution in [0.3, 0.4) is 0 Å². The van der Waals surface area contributed by atoms with Crippen LogP contribution >= 0.6 is 0 Å². The molecule has 0 saturated carbocycles. The lowest BCUT2D eigenvalue weighted by Gasteiger charge is -2.32. The third-order valence-corrected chi connectivity index (χ3v) is 13.5. The summed E-state index contributed by atoms with van der Waals surface area (Å²) in [4.78, 5) is 2.43. The van der Waals surface area contributed by atoms with E-state index in [1.54, 1.807) is 0 Å². The van der Waals surface area contributed by atoms with Crippen molar-refractivity contribution >= 4 is 39.0 Å². The van der Waals surface area contributed by atoms with E-state index in [1.165, 1.54) is 55.6 Å². The van der Waals surface area contributed by atoms with Gasteiger partial charge in [0.05, 0.1) is 5.41 Å². The van der Waals surface area contributed by atoms with Crippen molar-refractivity contribution in [2.24, 2.45) is 0 Å². The van der Waals surface area contributed by atoms with E-state index in [-0.39, 0.29) is 0 Å². The fourth-order valence-corrected chi connectivity index (χ4v) is 10.8. The van der Waals surface area contributed by atoms with Crippen molar-refractivity contribution < 1.29 is 4.42 Å². The Bertz CT molecular complexity index is 3500. The fourth-order valence-electron chi connectivity index (χ4n) is 10.8. The molecule has 0 atom stereocenters. The Morgan fingerprint density at radius 1 is 0.286 bits per heavy atom. The summed E-state index contributed by atoms with van der Waals surface area (Å²) in [7, 11) is 0. The molecule has 63 heavy (non-hydrogen) atoms. The molecule has 1 spiro atoms. The van der Waals surface area contributed by atoms with Crippen LogP contribution in [0.2, 0.25) is 0 Å². The highest BCUT2D eigenvalue weighted by Gasteiger charge is 2.51. The summed E-state index contributed by atoms with van der Waals surface area (Å²) < 4.78 is 6.54. The first kappa shape index (κ1) is 35.5. The third kappa shape index (κ3) is 5.32. The number of anilines is 3. The molecule has 294 valence electrons. The van der Waals surface area contributed by atoms with Gasteiger partial charge in [-0.2, -0.15) is 0 Å². The normalized spacial score (nSPS) is 12.9. The fraction of sp³-hybridized carbons (Fsp3) is 0.0164. The number of benzene rings is 10. The van der Waals surface area contributed by atoms with Gasteiger partial charge in [-0.05, 0) is 121 Å². The quantitative estimate of drug-likeness (QED) is 0.167. The van der Waals surface area contributed by atoms with Gasteiger partial charge in [0.25, 0.3) is 0 Å². The minimum atomic E-state index is -0.436. The summed E-state index contributed by atoms with van der Waals surface area (Å²) in [5.74, 6) is 0. The summed E-state index contributed by atoms with van der Waals surface area (Å²) in [6.45, 7) is 0. The maximum Gasteiger partial charge on any atom is 0.143 e. The Morgan fingerprint density at radius 2 is 0.778 bits per heavy atom. The zero-order valence-electron chi connectivity index (χ0n) is 34.4. The summed E-state index contributed by atoms with van der Waals surface area (Å²) in [6.07, 6.45) is 0. The van der Waals surface area contributed by atoms with Crippen molar-refractivity contribution in [2.45, 2.75) is 5.41 Å². The molecule has 2 aliphatic carbocycles. The molecule has 0 saturated heterocycles. The van der Waals surface area contributed by atoms with E-state index in [4.69, 9.17) is 4.42 Å². The van der Waals surface area contributed by atoms with Crippen LogP contribution in [0, 0.1) is 0 Å². The van der Waals surface area contributed by atoms with Gasteiger partial charge in [-0.1, -0.05) is 188 Å². The molecule has 13 rings (SSSR count). The molecule has 0 fully saturated rings. The Hall–Kier alpha value is -8.20. The van der Waals surface area contributed by atoms with Gasteiger partial charge in [0.2, 0.25) is 0 Å². The highest BCUT2D eigenvalue weighted by atomic mass is 16.3. The number of para-hydroxylation sites is 1. The Kier molecular flexibility index (Phi) is 7.85. The van der Waals surface area contributed by atoms with E-state index in [9.17, 15) is 0 Å². The molecule has 0 unspecified atom stereocenters. The first-order valence-corrected chi connectivity index (χ1v) is 21.7. The second-order valence-corrected chi connectivity index (χ2v) is 16.8. The molecule has 0 N–H and O–H groups in total. The third-order valence-electron chi connectivity index (χ3n) is 13.5. The molecule has 1 aromatic heterocycles. The number of nitrogens with zero attached hydrogens (tertiary/aromatic N) is 1. The van der Waals surface area contributed by atoms with Gasteiger partial charge in [0.1, 0.15) is 11.2 Å². The number of rotatable bonds is 6. The molecular formula is C61H39NO. The zero-order valence-corrected chi connectivity index (χ0v) is 34.4. The number of furan rings is 1. The van der Waals surface area contributed by atoms with Crippen LogP contribution in [0.25, 0.3) is 77.6 Å². The van der Waals surface area contributed by atoms with Crippen LogP contribution in [0.15, 0.2) is 241 Å². The first-order valence-electron chi connectivity index (χ1n) is 21.7. The minimum absolute atomic E-state index is 0.436. The Balaban J connectivity index is 0.969. The summed E-state index contributed by atoms with van der Waals surface area (Å²) in [5, 5.41) is 2.24. The van der Waals surface area contributed by atoms with Crippen molar-refractivity contribution in [3.05, 3.63) is 259 Å². The summed E-state index contributed by atoms with van der Waals surface area (Å²) >= 11 is 0. The van der Waals surface area contributed by atoms with Crippen molar-refractivity contribution in [3.63, 3.8) is 0 Å². The van der Waals surface area contributed by atoms with Gasteiger partial charge >= 0.3 is 0 Å². The molecule has 0 aliphatic heterocycles. The van der Waals surface area contributed by atoms with E-state index < -0.39 is 5.41 Å². The van der Waals surface area contributed by atoms with E-state index in [2.05, 4.69) is 241 Å². The zero-order chi connectivity index (χ0) is 41.5. The molecule has 0 bridgehead atoms. The van der Waals surface area contributed by atoms with Gasteiger partial charge in [-0.3, -0.25) is 0 Å². The highest BCUT2D eigenvalue weighted by Crippen LogP contribution is 2.63. The number of fused-ring (bicyclic) bond motifs is 13. The molecule has 2 heteroatoms. The summed E-state index contributed by atoms with van der Waals surface area (Å²) in [6, 6.07) is 86.4. The van der Waals surface area contributed by atoms with Crippen LogP contribution < -0.4 is 4.90 Å². The largest absolute Gasteiger partial charge is 0.455 e. The standard InChI is InChI=1S/C61H39NO/c1-3-15-40(16-4-1)43-19-13-20-46(37-43)62(45-32-29-41(30-33-45)44-31-36-59-54(38-44)53-25-14-24-48(60(53)63-59)42-17-5-2-6-18-42)47-34-35-52-51-23-9-12-28-57(51)61(58(52)39-47)55-26-10-7-21-49(55)50-22-8-11-27-56(50)61/h1-39H. The molecular weight excluding hydrogens is 763 g/mol. The van der Waals surface area contributed by atoms with Gasteiger partial charge in [-0.15, -0.1) is 0 Å². The van der Waals surface area contributed by atoms with Crippen LogP contribution in [-0.2, 0) is 5.41 Å². The smallest absolute Gasteiger partial charge is 0.143 e. The Labute approximate surface area is 366 Å². The first-order chi connectivity index (χ1) is 31.2. The molecule has 1 heterocycles. The van der Waals surface area contributed by atoms with Crippen molar-refractivity contribution in [1.82, 2.24) is 0 Å². The minimum Gasteiger partial charge on any atom is -0.455 e. The lowest BCUT2D eigenvalue weighted by molar-refractivity contribution is 0.670. The maximum absolute atomic E-state index is 6.54. The summed E-state index contributed by atoms with van der Waals surface area (Å²) in [5.41, 5.74) is 22.1. The maximum atomic E-state index is 6.54. The number of hydrogen-bond acceptors (Lipinski definition) is 2. The lowest BCUT2D eigenvalue weighted by Crippen LogP contribution is -2.26. The van der Waals surface area contributed by atoms with Gasteiger partial charge in [-0.25, -0.2) is 0 Å². The van der Waals surface area contributed by atoms with Crippen molar-refractivity contribution in [3.8, 4) is 55.6 Å². The molecule has 0 radical (unpaired) electrons. The van der Waals surface area contributed by atoms with E-state index in [0.717, 1.165) is 61.3 Å². The van der Waals surface area contributed by atoms with Crippen LogP contribution in [-0.4, -0.2) is 0 Å². The predicted octanol–water partition coefficient (Wildman–Crippen LogP) is 16.4. The van der Waals surface area contributed by atoms with Crippen molar-refractivity contribution in [1.29, 1.82) is 0 Å². The Morgan fingerprint density at radius 3 is 1.46 bits per heavy atom. The second kappa shape index (κ2) is 13.9. The average Bonchev–Trinajstić information content (AvgIpc) is 3.99. The molecule has 2 aliphatic rings. The second-order valence-electron chi connectivity index (χ2n) is 16.8.